The maximum absolute atomic E-state index is 12.9. The highest BCUT2D eigenvalue weighted by Crippen LogP contribution is 2.28. The fourth-order valence-electron chi connectivity index (χ4n) is 3.66. The van der Waals surface area contributed by atoms with Gasteiger partial charge in [-0.3, -0.25) is 10.1 Å². The first-order chi connectivity index (χ1) is 15.0. The van der Waals surface area contributed by atoms with E-state index < -0.39 is 6.04 Å². The summed E-state index contributed by atoms with van der Waals surface area (Å²) in [5, 5.41) is 15.2. The molecule has 2 aromatic carbocycles. The van der Waals surface area contributed by atoms with Gasteiger partial charge in [0.05, 0.1) is 0 Å². The third kappa shape index (κ3) is 4.91. The molecule has 7 nitrogen and oxygen atoms in total. The van der Waals surface area contributed by atoms with Gasteiger partial charge in [0.1, 0.15) is 11.0 Å². The van der Waals surface area contributed by atoms with Crippen LogP contribution in [0.25, 0.3) is 10.6 Å². The van der Waals surface area contributed by atoms with E-state index in [1.54, 1.807) is 4.90 Å². The fraction of sp³-hybridized carbons (Fsp3) is 0.304. The Balaban J connectivity index is 1.40. The number of hydrogen-bond acceptors (Lipinski definition) is 5. The minimum atomic E-state index is -0.527. The second kappa shape index (κ2) is 9.26. The molecule has 1 unspecified atom stereocenters. The quantitative estimate of drug-likeness (QED) is 0.608. The summed E-state index contributed by atoms with van der Waals surface area (Å²) < 4.78 is 0. The molecule has 0 saturated carbocycles. The first-order valence-electron chi connectivity index (χ1n) is 10.4. The van der Waals surface area contributed by atoms with Crippen LogP contribution >= 0.6 is 11.3 Å². The average molecular weight is 436 g/mol. The fourth-order valence-corrected chi connectivity index (χ4v) is 4.40. The molecule has 8 heteroatoms. The van der Waals surface area contributed by atoms with Crippen LogP contribution in [-0.4, -0.2) is 39.6 Å². The summed E-state index contributed by atoms with van der Waals surface area (Å²) in [6, 6.07) is 14.9. The van der Waals surface area contributed by atoms with Crippen LogP contribution in [0.2, 0.25) is 0 Å². The van der Waals surface area contributed by atoms with Crippen LogP contribution in [0.15, 0.2) is 48.5 Å². The highest BCUT2D eigenvalue weighted by molar-refractivity contribution is 7.18. The van der Waals surface area contributed by atoms with Gasteiger partial charge in [-0.05, 0) is 49.9 Å². The smallest absolute Gasteiger partial charge is 0.312 e. The monoisotopic (exact) mass is 435 g/mol. The number of hydrogen-bond donors (Lipinski definition) is 2. The van der Waals surface area contributed by atoms with E-state index in [4.69, 9.17) is 0 Å². The number of carbonyl (C=O) groups is 2. The predicted molar refractivity (Wildman–Crippen MR) is 123 cm³/mol. The van der Waals surface area contributed by atoms with Crippen molar-refractivity contribution in [2.75, 3.05) is 17.2 Å². The highest BCUT2D eigenvalue weighted by Gasteiger charge is 2.34. The van der Waals surface area contributed by atoms with Crippen molar-refractivity contribution in [1.29, 1.82) is 0 Å². The van der Waals surface area contributed by atoms with E-state index >= 15 is 0 Å². The molecule has 4 rings (SSSR count). The van der Waals surface area contributed by atoms with Crippen molar-refractivity contribution in [3.05, 3.63) is 59.7 Å². The number of urea groups is 1. The molecule has 1 aliphatic rings. The molecule has 1 aromatic heterocycles. The number of aromatic nitrogens is 2. The first-order valence-corrected chi connectivity index (χ1v) is 11.2. The summed E-state index contributed by atoms with van der Waals surface area (Å²) in [5.74, 6) is -0.235. The van der Waals surface area contributed by atoms with E-state index in [0.717, 1.165) is 34.7 Å². The second-order valence-electron chi connectivity index (χ2n) is 7.60. The largest absolute Gasteiger partial charge is 0.322 e. The zero-order valence-corrected chi connectivity index (χ0v) is 18.4. The van der Waals surface area contributed by atoms with Crippen molar-refractivity contribution in [2.45, 2.75) is 39.2 Å². The van der Waals surface area contributed by atoms with Crippen LogP contribution in [-0.2, 0) is 11.2 Å². The molecule has 1 aliphatic heterocycles. The first kappa shape index (κ1) is 21.0. The molecule has 1 fully saturated rings. The van der Waals surface area contributed by atoms with Crippen LogP contribution in [0.1, 0.15) is 30.9 Å². The molecule has 160 valence electrons. The number of amides is 3. The molecule has 0 bridgehead atoms. The number of nitrogens with one attached hydrogen (secondary N) is 2. The summed E-state index contributed by atoms with van der Waals surface area (Å²) in [4.78, 5) is 27.2. The van der Waals surface area contributed by atoms with Gasteiger partial charge in [-0.15, -0.1) is 10.2 Å². The molecule has 1 saturated heterocycles. The lowest BCUT2D eigenvalue weighted by molar-refractivity contribution is -0.119. The van der Waals surface area contributed by atoms with E-state index in [2.05, 4.69) is 27.8 Å². The van der Waals surface area contributed by atoms with Gasteiger partial charge in [0.2, 0.25) is 11.0 Å². The summed E-state index contributed by atoms with van der Waals surface area (Å²) >= 11 is 1.32. The van der Waals surface area contributed by atoms with Crippen molar-refractivity contribution in [2.24, 2.45) is 0 Å². The third-order valence-corrected chi connectivity index (χ3v) is 6.24. The molecule has 1 atom stereocenters. The zero-order valence-electron chi connectivity index (χ0n) is 17.6. The van der Waals surface area contributed by atoms with Crippen molar-refractivity contribution < 1.29 is 9.59 Å². The SMILES string of the molecule is CCc1ccc(NC(=O)N2CCCC2C(=O)Nc2nnc(-c3cccc(C)c3)s2)cc1. The van der Waals surface area contributed by atoms with Gasteiger partial charge in [0, 0.05) is 17.8 Å². The minimum Gasteiger partial charge on any atom is -0.312 e. The van der Waals surface area contributed by atoms with Crippen LogP contribution in [0.5, 0.6) is 0 Å². The zero-order chi connectivity index (χ0) is 21.8. The number of benzene rings is 2. The number of rotatable bonds is 5. The molecule has 2 N–H and O–H groups in total. The Hall–Kier alpha value is -3.26. The normalized spacial score (nSPS) is 15.7. The molecule has 0 radical (unpaired) electrons. The van der Waals surface area contributed by atoms with Crippen LogP contribution in [0.3, 0.4) is 0 Å². The van der Waals surface area contributed by atoms with Crippen LogP contribution < -0.4 is 10.6 Å². The lowest BCUT2D eigenvalue weighted by Crippen LogP contribution is -2.45. The molecular weight excluding hydrogens is 410 g/mol. The van der Waals surface area contributed by atoms with E-state index in [0.29, 0.717) is 18.1 Å². The number of aryl methyl sites for hydroxylation is 2. The number of likely N-dealkylation sites (tertiary alicyclic amines) is 1. The van der Waals surface area contributed by atoms with Gasteiger partial charge in [0.15, 0.2) is 0 Å². The number of nitrogens with zero attached hydrogens (tertiary/aromatic N) is 3. The predicted octanol–water partition coefficient (Wildman–Crippen LogP) is 4.71. The van der Waals surface area contributed by atoms with Gasteiger partial charge >= 0.3 is 6.03 Å². The second-order valence-corrected chi connectivity index (χ2v) is 8.58. The third-order valence-electron chi connectivity index (χ3n) is 5.35. The van der Waals surface area contributed by atoms with Crippen molar-refractivity contribution in [3.63, 3.8) is 0 Å². The van der Waals surface area contributed by atoms with E-state index in [1.165, 1.54) is 16.9 Å². The topological polar surface area (TPSA) is 87.2 Å². The van der Waals surface area contributed by atoms with E-state index in [-0.39, 0.29) is 11.9 Å². The Bertz CT molecular complexity index is 1080. The summed E-state index contributed by atoms with van der Waals surface area (Å²) in [5.41, 5.74) is 4.03. The molecule has 3 aromatic rings. The average Bonchev–Trinajstić information content (AvgIpc) is 3.44. The Morgan fingerprint density at radius 1 is 1.13 bits per heavy atom. The highest BCUT2D eigenvalue weighted by atomic mass is 32.1. The maximum atomic E-state index is 12.9. The lowest BCUT2D eigenvalue weighted by atomic mass is 10.1. The molecule has 2 heterocycles. The molecule has 0 spiro atoms. The van der Waals surface area contributed by atoms with Gasteiger partial charge in [-0.25, -0.2) is 4.79 Å². The number of carbonyl (C=O) groups excluding carboxylic acids is 2. The lowest BCUT2D eigenvalue weighted by Gasteiger charge is -2.23. The number of anilines is 2. The van der Waals surface area contributed by atoms with Crippen LogP contribution in [0, 0.1) is 6.92 Å². The Morgan fingerprint density at radius 2 is 1.94 bits per heavy atom. The van der Waals surface area contributed by atoms with Crippen molar-refractivity contribution in [3.8, 4) is 10.6 Å². The Morgan fingerprint density at radius 3 is 2.68 bits per heavy atom. The molecule has 3 amide bonds. The Labute approximate surface area is 185 Å². The molecule has 31 heavy (non-hydrogen) atoms. The van der Waals surface area contributed by atoms with Gasteiger partial charge in [0.25, 0.3) is 0 Å². The summed E-state index contributed by atoms with van der Waals surface area (Å²) in [6.45, 7) is 4.65. The van der Waals surface area contributed by atoms with Gasteiger partial charge < -0.3 is 10.2 Å². The maximum Gasteiger partial charge on any atom is 0.322 e. The van der Waals surface area contributed by atoms with Crippen molar-refractivity contribution in [1.82, 2.24) is 15.1 Å². The van der Waals surface area contributed by atoms with E-state index in [9.17, 15) is 9.59 Å². The minimum absolute atomic E-state index is 0.235. The molecular formula is C23H25N5O2S. The summed E-state index contributed by atoms with van der Waals surface area (Å²) in [6.07, 6.45) is 2.35. The van der Waals surface area contributed by atoms with Gasteiger partial charge in [-0.2, -0.15) is 0 Å². The van der Waals surface area contributed by atoms with Gasteiger partial charge in [-0.1, -0.05) is 54.2 Å². The standard InChI is InChI=1S/C23H25N5O2S/c1-3-16-9-11-18(12-10-16)24-23(30)28-13-5-8-19(28)20(29)25-22-27-26-21(31-22)17-7-4-6-15(2)14-17/h4,6-7,9-12,14,19H,3,5,8,13H2,1-2H3,(H,24,30)(H,25,27,29). The van der Waals surface area contributed by atoms with Crippen LogP contribution in [0.4, 0.5) is 15.6 Å². The molecule has 0 aliphatic carbocycles. The van der Waals surface area contributed by atoms with Crippen molar-refractivity contribution >= 4 is 34.1 Å². The van der Waals surface area contributed by atoms with E-state index in [1.807, 2.05) is 55.5 Å². The Kier molecular flexibility index (Phi) is 6.27. The summed E-state index contributed by atoms with van der Waals surface area (Å²) in [7, 11) is 0.